The van der Waals surface area contributed by atoms with E-state index in [-0.39, 0.29) is 17.3 Å². The summed E-state index contributed by atoms with van der Waals surface area (Å²) in [4.78, 5) is 24.9. The molecule has 4 rings (SSSR count). The van der Waals surface area contributed by atoms with Gasteiger partial charge in [0.25, 0.3) is 11.8 Å². The SMILES string of the molecule is COc1ccc(NC(=O)c2ccc(NC(=O)c3cn(-c4ccccc4C(F)(F)F)nn3)cc2)cc1. The van der Waals surface area contributed by atoms with Crippen LogP contribution >= 0.6 is 0 Å². The summed E-state index contributed by atoms with van der Waals surface area (Å²) in [7, 11) is 1.54. The second-order valence-electron chi connectivity index (χ2n) is 7.28. The van der Waals surface area contributed by atoms with Gasteiger partial charge in [0.05, 0.1) is 24.6 Å². The predicted octanol–water partition coefficient (Wildman–Crippen LogP) is 4.80. The molecular formula is C24H18F3N5O3. The minimum Gasteiger partial charge on any atom is -0.497 e. The topological polar surface area (TPSA) is 98.1 Å². The van der Waals surface area contributed by atoms with Gasteiger partial charge in [0.2, 0.25) is 0 Å². The number of halogens is 3. The van der Waals surface area contributed by atoms with Crippen molar-refractivity contribution in [2.45, 2.75) is 6.18 Å². The lowest BCUT2D eigenvalue weighted by molar-refractivity contribution is -0.137. The lowest BCUT2D eigenvalue weighted by atomic mass is 10.1. The quantitative estimate of drug-likeness (QED) is 0.412. The molecule has 2 amide bonds. The molecule has 0 aliphatic rings. The number of carbonyl (C=O) groups excluding carboxylic acids is 2. The fraction of sp³-hybridized carbons (Fsp3) is 0.0833. The number of carbonyl (C=O) groups is 2. The number of amides is 2. The molecule has 0 radical (unpaired) electrons. The number of aromatic nitrogens is 3. The van der Waals surface area contributed by atoms with Gasteiger partial charge < -0.3 is 15.4 Å². The van der Waals surface area contributed by atoms with Gasteiger partial charge in [0.15, 0.2) is 5.69 Å². The fourth-order valence-electron chi connectivity index (χ4n) is 3.18. The zero-order chi connectivity index (χ0) is 25.0. The van der Waals surface area contributed by atoms with Gasteiger partial charge in [-0.15, -0.1) is 5.10 Å². The van der Waals surface area contributed by atoms with E-state index >= 15 is 0 Å². The number of para-hydroxylation sites is 1. The summed E-state index contributed by atoms with van der Waals surface area (Å²) < 4.78 is 45.7. The number of nitrogens with zero attached hydrogens (tertiary/aromatic N) is 3. The number of anilines is 2. The van der Waals surface area contributed by atoms with E-state index in [4.69, 9.17) is 4.74 Å². The highest BCUT2D eigenvalue weighted by Gasteiger charge is 2.34. The number of benzene rings is 3. The predicted molar refractivity (Wildman–Crippen MR) is 122 cm³/mol. The molecule has 0 fully saturated rings. The third-order valence-electron chi connectivity index (χ3n) is 4.94. The normalized spacial score (nSPS) is 11.1. The first kappa shape index (κ1) is 23.5. The lowest BCUT2D eigenvalue weighted by Crippen LogP contribution is -2.14. The Morgan fingerprint density at radius 3 is 2.09 bits per heavy atom. The highest BCUT2D eigenvalue weighted by Crippen LogP contribution is 2.33. The van der Waals surface area contributed by atoms with Crippen molar-refractivity contribution >= 4 is 23.2 Å². The van der Waals surface area contributed by atoms with Crippen LogP contribution in [0.4, 0.5) is 24.5 Å². The van der Waals surface area contributed by atoms with Crippen LogP contribution in [-0.4, -0.2) is 33.9 Å². The standard InChI is InChI=1S/C24H18F3N5O3/c1-35-18-12-10-17(11-13-18)28-22(33)15-6-8-16(9-7-15)29-23(34)20-14-32(31-30-20)21-5-3-2-4-19(21)24(25,26)27/h2-14H,1H3,(H,28,33)(H,29,34). The summed E-state index contributed by atoms with van der Waals surface area (Å²) in [5.74, 6) is -0.358. The van der Waals surface area contributed by atoms with Crippen LogP contribution in [0, 0.1) is 0 Å². The second-order valence-corrected chi connectivity index (χ2v) is 7.28. The maximum atomic E-state index is 13.3. The van der Waals surface area contributed by atoms with Crippen LogP contribution in [0.3, 0.4) is 0 Å². The smallest absolute Gasteiger partial charge is 0.418 e. The number of alkyl halides is 3. The molecule has 0 saturated carbocycles. The average molecular weight is 481 g/mol. The summed E-state index contributed by atoms with van der Waals surface area (Å²) in [6, 6.07) is 17.7. The molecule has 3 aromatic carbocycles. The van der Waals surface area contributed by atoms with Crippen LogP contribution in [0.1, 0.15) is 26.4 Å². The molecule has 2 N–H and O–H groups in total. The molecule has 0 atom stereocenters. The Kier molecular flexibility index (Phi) is 6.49. The first-order valence-electron chi connectivity index (χ1n) is 10.2. The van der Waals surface area contributed by atoms with E-state index in [0.717, 1.165) is 16.9 Å². The number of ether oxygens (including phenoxy) is 1. The summed E-state index contributed by atoms with van der Waals surface area (Å²) in [5.41, 5.74) is -0.0273. The zero-order valence-electron chi connectivity index (χ0n) is 18.2. The number of rotatable bonds is 6. The highest BCUT2D eigenvalue weighted by molar-refractivity contribution is 6.05. The number of nitrogens with one attached hydrogen (secondary N) is 2. The van der Waals surface area contributed by atoms with E-state index < -0.39 is 17.6 Å². The fourth-order valence-corrected chi connectivity index (χ4v) is 3.18. The van der Waals surface area contributed by atoms with Crippen molar-refractivity contribution in [3.8, 4) is 11.4 Å². The molecule has 0 saturated heterocycles. The van der Waals surface area contributed by atoms with Crippen molar-refractivity contribution in [1.82, 2.24) is 15.0 Å². The molecule has 4 aromatic rings. The van der Waals surface area contributed by atoms with Crippen LogP contribution < -0.4 is 15.4 Å². The van der Waals surface area contributed by atoms with Gasteiger partial charge in [0.1, 0.15) is 5.75 Å². The first-order valence-corrected chi connectivity index (χ1v) is 10.2. The molecule has 1 heterocycles. The van der Waals surface area contributed by atoms with Gasteiger partial charge in [-0.25, -0.2) is 4.68 Å². The van der Waals surface area contributed by atoms with Crippen molar-refractivity contribution in [2.24, 2.45) is 0 Å². The van der Waals surface area contributed by atoms with Crippen LogP contribution in [0.2, 0.25) is 0 Å². The Hall–Kier alpha value is -4.67. The largest absolute Gasteiger partial charge is 0.497 e. The van der Waals surface area contributed by atoms with E-state index in [1.54, 1.807) is 31.4 Å². The Balaban J connectivity index is 1.42. The van der Waals surface area contributed by atoms with E-state index in [0.29, 0.717) is 22.7 Å². The van der Waals surface area contributed by atoms with E-state index in [1.807, 2.05) is 0 Å². The van der Waals surface area contributed by atoms with Crippen molar-refractivity contribution in [3.05, 3.63) is 95.8 Å². The van der Waals surface area contributed by atoms with E-state index in [9.17, 15) is 22.8 Å². The molecular weight excluding hydrogens is 463 g/mol. The van der Waals surface area contributed by atoms with E-state index in [1.165, 1.54) is 42.5 Å². The molecule has 35 heavy (non-hydrogen) atoms. The summed E-state index contributed by atoms with van der Waals surface area (Å²) >= 11 is 0. The summed E-state index contributed by atoms with van der Waals surface area (Å²) in [6.45, 7) is 0. The monoisotopic (exact) mass is 481 g/mol. The molecule has 1 aromatic heterocycles. The molecule has 8 nitrogen and oxygen atoms in total. The van der Waals surface area contributed by atoms with Gasteiger partial charge in [-0.1, -0.05) is 17.3 Å². The van der Waals surface area contributed by atoms with Crippen LogP contribution in [0.25, 0.3) is 5.69 Å². The zero-order valence-corrected chi connectivity index (χ0v) is 18.2. The molecule has 11 heteroatoms. The summed E-state index contributed by atoms with van der Waals surface area (Å²) in [5, 5.41) is 12.7. The minimum absolute atomic E-state index is 0.177. The maximum absolute atomic E-state index is 13.3. The van der Waals surface area contributed by atoms with Gasteiger partial charge in [-0.2, -0.15) is 13.2 Å². The third-order valence-corrected chi connectivity index (χ3v) is 4.94. The second kappa shape index (κ2) is 9.67. The van der Waals surface area contributed by atoms with Crippen molar-refractivity contribution in [2.75, 3.05) is 17.7 Å². The molecule has 0 spiro atoms. The number of methoxy groups -OCH3 is 1. The third kappa shape index (κ3) is 5.46. The van der Waals surface area contributed by atoms with Crippen molar-refractivity contribution < 1.29 is 27.5 Å². The molecule has 0 bridgehead atoms. The van der Waals surface area contributed by atoms with Gasteiger partial charge in [-0.05, 0) is 60.7 Å². The molecule has 178 valence electrons. The molecule has 0 unspecified atom stereocenters. The van der Waals surface area contributed by atoms with Crippen LogP contribution in [-0.2, 0) is 6.18 Å². The van der Waals surface area contributed by atoms with Gasteiger partial charge in [0, 0.05) is 16.9 Å². The highest BCUT2D eigenvalue weighted by atomic mass is 19.4. The Labute approximate surface area is 197 Å². The van der Waals surface area contributed by atoms with Crippen LogP contribution in [0.5, 0.6) is 5.75 Å². The Morgan fingerprint density at radius 1 is 0.857 bits per heavy atom. The Morgan fingerprint density at radius 2 is 1.46 bits per heavy atom. The average Bonchev–Trinajstić information content (AvgIpc) is 3.35. The van der Waals surface area contributed by atoms with E-state index in [2.05, 4.69) is 20.9 Å². The number of hydrogen-bond donors (Lipinski definition) is 2. The van der Waals surface area contributed by atoms with Gasteiger partial charge >= 0.3 is 6.18 Å². The van der Waals surface area contributed by atoms with Crippen molar-refractivity contribution in [3.63, 3.8) is 0 Å². The first-order chi connectivity index (χ1) is 16.7. The minimum atomic E-state index is -4.59. The Bertz CT molecular complexity index is 1350. The van der Waals surface area contributed by atoms with Crippen molar-refractivity contribution in [1.29, 1.82) is 0 Å². The lowest BCUT2D eigenvalue weighted by Gasteiger charge is -2.11. The van der Waals surface area contributed by atoms with Gasteiger partial charge in [-0.3, -0.25) is 9.59 Å². The van der Waals surface area contributed by atoms with Crippen LogP contribution in [0.15, 0.2) is 79.0 Å². The molecule has 0 aliphatic heterocycles. The summed E-state index contributed by atoms with van der Waals surface area (Å²) in [6.07, 6.45) is -3.48. The number of hydrogen-bond acceptors (Lipinski definition) is 5. The maximum Gasteiger partial charge on any atom is 0.418 e. The molecule has 0 aliphatic carbocycles.